The van der Waals surface area contributed by atoms with Gasteiger partial charge in [-0.1, -0.05) is 0 Å². The lowest BCUT2D eigenvalue weighted by molar-refractivity contribution is -0.134. The van der Waals surface area contributed by atoms with Gasteiger partial charge in [0.25, 0.3) is 0 Å². The van der Waals surface area contributed by atoms with Crippen LogP contribution in [0.1, 0.15) is 17.8 Å². The third kappa shape index (κ3) is 3.40. The molecular weight excluding hydrogens is 342 g/mol. The predicted molar refractivity (Wildman–Crippen MR) is 83.8 cm³/mol. The van der Waals surface area contributed by atoms with Crippen molar-refractivity contribution in [1.29, 1.82) is 0 Å². The van der Waals surface area contributed by atoms with E-state index in [9.17, 15) is 4.79 Å². The zero-order chi connectivity index (χ0) is 14.7. The number of carbonyl (C=O) groups is 1. The van der Waals surface area contributed by atoms with Crippen molar-refractivity contribution >= 4 is 33.2 Å². The molecule has 0 saturated carbocycles. The number of thiophene rings is 1. The lowest BCUT2D eigenvalue weighted by Gasteiger charge is -2.41. The predicted octanol–water partition coefficient (Wildman–Crippen LogP) is 1.35. The lowest BCUT2D eigenvalue weighted by atomic mass is 10.0. The molecule has 1 saturated heterocycles. The number of likely N-dealkylation sites (N-methyl/N-ethyl adjacent to an activating group) is 1. The summed E-state index contributed by atoms with van der Waals surface area (Å²) in [6, 6.07) is 3.76. The molecule has 5 nitrogen and oxygen atoms in total. The van der Waals surface area contributed by atoms with E-state index in [1.807, 2.05) is 13.0 Å². The third-order valence-corrected chi connectivity index (χ3v) is 5.15. The van der Waals surface area contributed by atoms with Gasteiger partial charge in [-0.3, -0.25) is 9.69 Å². The standard InChI is InChI=1S/C13H20BrN3O2S/c1-8(15)12(10-3-4-11(14)20-10)17-5-6-19-7-9(17)13(18)16-2/h3-4,8-9,12H,5-7,15H2,1-2H3,(H,16,18). The highest BCUT2D eigenvalue weighted by Crippen LogP contribution is 2.34. The molecule has 0 radical (unpaired) electrons. The molecule has 1 fully saturated rings. The minimum Gasteiger partial charge on any atom is -0.378 e. The number of carbonyl (C=O) groups excluding carboxylic acids is 1. The van der Waals surface area contributed by atoms with E-state index in [4.69, 9.17) is 10.5 Å². The zero-order valence-electron chi connectivity index (χ0n) is 11.6. The largest absolute Gasteiger partial charge is 0.378 e. The number of hydrogen-bond acceptors (Lipinski definition) is 5. The van der Waals surface area contributed by atoms with Gasteiger partial charge in [0.05, 0.1) is 23.0 Å². The normalized spacial score (nSPS) is 23.3. The van der Waals surface area contributed by atoms with Crippen LogP contribution in [-0.4, -0.2) is 49.7 Å². The van der Waals surface area contributed by atoms with E-state index in [0.29, 0.717) is 19.8 Å². The summed E-state index contributed by atoms with van der Waals surface area (Å²) >= 11 is 5.15. The van der Waals surface area contributed by atoms with Crippen molar-refractivity contribution < 1.29 is 9.53 Å². The van der Waals surface area contributed by atoms with Crippen molar-refractivity contribution in [3.05, 3.63) is 20.8 Å². The highest BCUT2D eigenvalue weighted by atomic mass is 79.9. The number of amides is 1. The molecule has 2 heterocycles. The van der Waals surface area contributed by atoms with Crippen molar-refractivity contribution in [1.82, 2.24) is 10.2 Å². The van der Waals surface area contributed by atoms with Gasteiger partial charge in [0.2, 0.25) is 5.91 Å². The second-order valence-corrected chi connectivity index (χ2v) is 7.38. The Morgan fingerprint density at radius 2 is 2.40 bits per heavy atom. The maximum Gasteiger partial charge on any atom is 0.239 e. The molecule has 1 amide bonds. The van der Waals surface area contributed by atoms with Crippen LogP contribution in [0.3, 0.4) is 0 Å². The first-order valence-corrected chi connectivity index (χ1v) is 8.21. The monoisotopic (exact) mass is 361 g/mol. The SMILES string of the molecule is CNC(=O)C1COCCN1C(c1ccc(Br)s1)C(C)N. The smallest absolute Gasteiger partial charge is 0.239 e. The lowest BCUT2D eigenvalue weighted by Crippen LogP contribution is -2.56. The van der Waals surface area contributed by atoms with Gasteiger partial charge in [-0.15, -0.1) is 11.3 Å². The molecular formula is C13H20BrN3O2S. The number of nitrogens with one attached hydrogen (secondary N) is 1. The number of rotatable bonds is 4. The average Bonchev–Trinajstić information content (AvgIpc) is 2.84. The fourth-order valence-electron chi connectivity index (χ4n) is 2.55. The summed E-state index contributed by atoms with van der Waals surface area (Å²) in [5, 5.41) is 2.71. The van der Waals surface area contributed by atoms with Gasteiger partial charge in [0, 0.05) is 24.5 Å². The third-order valence-electron chi connectivity index (χ3n) is 3.46. The summed E-state index contributed by atoms with van der Waals surface area (Å²) < 4.78 is 6.53. The minimum absolute atomic E-state index is 0.0222. The van der Waals surface area contributed by atoms with Gasteiger partial charge in [0.1, 0.15) is 6.04 Å². The molecule has 0 bridgehead atoms. The van der Waals surface area contributed by atoms with Crippen LogP contribution >= 0.6 is 27.3 Å². The summed E-state index contributed by atoms with van der Waals surface area (Å²) in [5.41, 5.74) is 6.19. The minimum atomic E-state index is -0.286. The summed E-state index contributed by atoms with van der Waals surface area (Å²) in [4.78, 5) is 15.4. The number of ether oxygens (including phenoxy) is 1. The van der Waals surface area contributed by atoms with Crippen molar-refractivity contribution in [2.75, 3.05) is 26.8 Å². The highest BCUT2D eigenvalue weighted by Gasteiger charge is 2.36. The molecule has 7 heteroatoms. The Hall–Kier alpha value is -0.470. The van der Waals surface area contributed by atoms with Crippen molar-refractivity contribution in [3.63, 3.8) is 0 Å². The van der Waals surface area contributed by atoms with Gasteiger partial charge in [-0.2, -0.15) is 0 Å². The molecule has 3 unspecified atom stereocenters. The summed E-state index contributed by atoms with van der Waals surface area (Å²) in [6.07, 6.45) is 0. The Morgan fingerprint density at radius 1 is 1.65 bits per heavy atom. The number of hydrogen-bond donors (Lipinski definition) is 2. The Bertz CT molecular complexity index is 466. The Balaban J connectivity index is 2.28. The molecule has 1 aromatic heterocycles. The van der Waals surface area contributed by atoms with E-state index in [0.717, 1.165) is 3.79 Å². The zero-order valence-corrected chi connectivity index (χ0v) is 14.0. The Morgan fingerprint density at radius 3 is 2.95 bits per heavy atom. The van der Waals surface area contributed by atoms with Crippen molar-refractivity contribution in [3.8, 4) is 0 Å². The topological polar surface area (TPSA) is 67.6 Å². The highest BCUT2D eigenvalue weighted by molar-refractivity contribution is 9.11. The van der Waals surface area contributed by atoms with Crippen LogP contribution < -0.4 is 11.1 Å². The van der Waals surface area contributed by atoms with Crippen molar-refractivity contribution in [2.24, 2.45) is 5.73 Å². The molecule has 0 spiro atoms. The quantitative estimate of drug-likeness (QED) is 0.849. The van der Waals surface area contributed by atoms with E-state index in [-0.39, 0.29) is 24.0 Å². The molecule has 1 aromatic rings. The first-order chi connectivity index (χ1) is 9.54. The van der Waals surface area contributed by atoms with Crippen LogP contribution in [-0.2, 0) is 9.53 Å². The number of nitrogens with two attached hydrogens (primary N) is 1. The molecule has 3 N–H and O–H groups in total. The van der Waals surface area contributed by atoms with Crippen LogP contribution in [0.4, 0.5) is 0 Å². The van der Waals surface area contributed by atoms with Gasteiger partial charge < -0.3 is 15.8 Å². The van der Waals surface area contributed by atoms with E-state index >= 15 is 0 Å². The van der Waals surface area contributed by atoms with E-state index in [1.54, 1.807) is 18.4 Å². The molecule has 0 aromatic carbocycles. The number of morpholine rings is 1. The Kier molecular flexibility index (Phi) is 5.57. The van der Waals surface area contributed by atoms with Gasteiger partial charge in [-0.05, 0) is 35.0 Å². The van der Waals surface area contributed by atoms with Gasteiger partial charge >= 0.3 is 0 Å². The van der Waals surface area contributed by atoms with Crippen LogP contribution in [0.25, 0.3) is 0 Å². The maximum absolute atomic E-state index is 12.1. The second kappa shape index (κ2) is 7.00. The fourth-order valence-corrected chi connectivity index (χ4v) is 4.22. The molecule has 0 aliphatic carbocycles. The first-order valence-electron chi connectivity index (χ1n) is 6.60. The summed E-state index contributed by atoms with van der Waals surface area (Å²) in [6.45, 7) is 3.73. The molecule has 20 heavy (non-hydrogen) atoms. The van der Waals surface area contributed by atoms with Crippen LogP contribution in [0.15, 0.2) is 15.9 Å². The molecule has 1 aliphatic heterocycles. The van der Waals surface area contributed by atoms with E-state index < -0.39 is 0 Å². The number of nitrogens with zero attached hydrogens (tertiary/aromatic N) is 1. The van der Waals surface area contributed by atoms with E-state index in [1.165, 1.54) is 4.88 Å². The summed E-state index contributed by atoms with van der Waals surface area (Å²) in [5.74, 6) is -0.0222. The molecule has 112 valence electrons. The van der Waals surface area contributed by atoms with Crippen LogP contribution in [0, 0.1) is 0 Å². The summed E-state index contributed by atoms with van der Waals surface area (Å²) in [7, 11) is 1.65. The maximum atomic E-state index is 12.1. The molecule has 2 rings (SSSR count). The van der Waals surface area contributed by atoms with Crippen molar-refractivity contribution in [2.45, 2.75) is 25.0 Å². The van der Waals surface area contributed by atoms with E-state index in [2.05, 4.69) is 32.2 Å². The van der Waals surface area contributed by atoms with Gasteiger partial charge in [0.15, 0.2) is 0 Å². The number of halogens is 1. The van der Waals surface area contributed by atoms with Crippen LogP contribution in [0.2, 0.25) is 0 Å². The second-order valence-electron chi connectivity index (χ2n) is 4.89. The molecule has 3 atom stereocenters. The fraction of sp³-hybridized carbons (Fsp3) is 0.615. The Labute approximate surface area is 131 Å². The van der Waals surface area contributed by atoms with Gasteiger partial charge in [-0.25, -0.2) is 0 Å². The van der Waals surface area contributed by atoms with Crippen LogP contribution in [0.5, 0.6) is 0 Å². The average molecular weight is 362 g/mol. The first kappa shape index (κ1) is 15.9. The molecule has 1 aliphatic rings.